The van der Waals surface area contributed by atoms with Gasteiger partial charge in [-0.15, -0.1) is 11.3 Å². The topological polar surface area (TPSA) is 58.9 Å². The molecule has 0 aliphatic heterocycles. The Morgan fingerprint density at radius 2 is 1.95 bits per heavy atom. The molecule has 0 atom stereocenters. The highest BCUT2D eigenvalue weighted by molar-refractivity contribution is 7.17. The van der Waals surface area contributed by atoms with Crippen molar-refractivity contribution in [2.75, 3.05) is 6.61 Å². The van der Waals surface area contributed by atoms with Gasteiger partial charge in [0.1, 0.15) is 0 Å². The number of aryl methyl sites for hydroxylation is 1. The second kappa shape index (κ2) is 7.04. The van der Waals surface area contributed by atoms with Crippen molar-refractivity contribution in [2.45, 2.75) is 20.3 Å². The van der Waals surface area contributed by atoms with Crippen LogP contribution < -0.4 is 0 Å². The molecule has 21 heavy (non-hydrogen) atoms. The van der Waals surface area contributed by atoms with Crippen LogP contribution in [-0.4, -0.2) is 23.4 Å². The molecule has 1 aromatic carbocycles. The van der Waals surface area contributed by atoms with Crippen LogP contribution in [0.2, 0.25) is 0 Å². The molecule has 4 nitrogen and oxygen atoms in total. The normalized spacial score (nSPS) is 11.4. The van der Waals surface area contributed by atoms with Gasteiger partial charge in [0.05, 0.1) is 10.6 Å². The molecule has 0 unspecified atom stereocenters. The summed E-state index contributed by atoms with van der Waals surface area (Å²) < 4.78 is 0. The third-order valence-corrected chi connectivity index (χ3v) is 4.24. The number of rotatable bonds is 6. The van der Waals surface area contributed by atoms with E-state index in [4.69, 9.17) is 9.94 Å². The Morgan fingerprint density at radius 3 is 2.57 bits per heavy atom. The molecule has 1 heterocycles. The van der Waals surface area contributed by atoms with E-state index < -0.39 is 12.6 Å². The highest BCUT2D eigenvalue weighted by Crippen LogP contribution is 2.28. The number of hydrogen-bond donors (Lipinski definition) is 1. The molecule has 110 valence electrons. The Morgan fingerprint density at radius 1 is 1.24 bits per heavy atom. The van der Waals surface area contributed by atoms with Gasteiger partial charge >= 0.3 is 5.97 Å². The first-order valence-corrected chi connectivity index (χ1v) is 7.49. The third-order valence-electron chi connectivity index (χ3n) is 3.00. The summed E-state index contributed by atoms with van der Waals surface area (Å²) in [7, 11) is 0. The van der Waals surface area contributed by atoms with Gasteiger partial charge in [0, 0.05) is 4.88 Å². The fraction of sp³-hybridized carbons (Fsp3) is 0.250. The maximum Gasteiger partial charge on any atom is 0.344 e. The van der Waals surface area contributed by atoms with Gasteiger partial charge in [-0.2, -0.15) is 0 Å². The van der Waals surface area contributed by atoms with E-state index >= 15 is 0 Å². The minimum absolute atomic E-state index is 0.423. The van der Waals surface area contributed by atoms with E-state index in [2.05, 4.69) is 36.3 Å². The van der Waals surface area contributed by atoms with E-state index in [0.29, 0.717) is 5.71 Å². The van der Waals surface area contributed by atoms with Gasteiger partial charge in [-0.25, -0.2) is 4.79 Å². The minimum atomic E-state index is -1.03. The maximum atomic E-state index is 10.4. The number of oxime groups is 1. The molecular weight excluding hydrogens is 286 g/mol. The predicted molar refractivity (Wildman–Crippen MR) is 84.9 cm³/mol. The second-order valence-corrected chi connectivity index (χ2v) is 5.64. The molecule has 5 heteroatoms. The molecule has 1 N–H and O–H groups in total. The molecular formula is C16H17NO3S. The van der Waals surface area contributed by atoms with Crippen LogP contribution in [0.25, 0.3) is 10.4 Å². The fourth-order valence-electron chi connectivity index (χ4n) is 1.82. The fourth-order valence-corrected chi connectivity index (χ4v) is 2.77. The summed E-state index contributed by atoms with van der Waals surface area (Å²) in [6.45, 7) is 3.51. The van der Waals surface area contributed by atoms with Crippen molar-refractivity contribution in [2.24, 2.45) is 5.16 Å². The van der Waals surface area contributed by atoms with Crippen LogP contribution in [0.3, 0.4) is 0 Å². The monoisotopic (exact) mass is 303 g/mol. The standard InChI is InChI=1S/C16H17NO3S/c1-3-12-4-6-13(7-5-12)15-9-8-14(21-15)11(2)17-20-10-16(18)19/h4-9H,3,10H2,1-2H3,(H,18,19)/b17-11+. The maximum absolute atomic E-state index is 10.4. The van der Waals surface area contributed by atoms with Gasteiger partial charge in [-0.1, -0.05) is 36.3 Å². The number of thiophene rings is 1. The molecule has 0 aliphatic rings. The van der Waals surface area contributed by atoms with Gasteiger partial charge in [-0.3, -0.25) is 0 Å². The Hall–Kier alpha value is -2.14. The molecule has 2 aromatic rings. The molecule has 1 aromatic heterocycles. The average molecular weight is 303 g/mol. The van der Waals surface area contributed by atoms with E-state index in [9.17, 15) is 4.79 Å². The van der Waals surface area contributed by atoms with Crippen molar-refractivity contribution in [1.29, 1.82) is 0 Å². The van der Waals surface area contributed by atoms with Crippen LogP contribution >= 0.6 is 11.3 Å². The first-order chi connectivity index (χ1) is 10.1. The van der Waals surface area contributed by atoms with Gasteiger partial charge in [0.15, 0.2) is 0 Å². The Balaban J connectivity index is 2.11. The summed E-state index contributed by atoms with van der Waals surface area (Å²) in [6.07, 6.45) is 1.03. The van der Waals surface area contributed by atoms with E-state index in [1.165, 1.54) is 11.1 Å². The van der Waals surface area contributed by atoms with Crippen molar-refractivity contribution in [3.8, 4) is 10.4 Å². The Bertz CT molecular complexity index is 644. The number of hydrogen-bond acceptors (Lipinski definition) is 4. The van der Waals surface area contributed by atoms with Crippen molar-refractivity contribution in [1.82, 2.24) is 0 Å². The zero-order valence-corrected chi connectivity index (χ0v) is 12.8. The zero-order chi connectivity index (χ0) is 15.2. The van der Waals surface area contributed by atoms with Crippen LogP contribution in [0.5, 0.6) is 0 Å². The molecule has 0 saturated carbocycles. The predicted octanol–water partition coefficient (Wildman–Crippen LogP) is 3.80. The SMILES string of the molecule is CCc1ccc(-c2ccc(/C(C)=N/OCC(=O)O)s2)cc1. The summed E-state index contributed by atoms with van der Waals surface area (Å²) in [6, 6.07) is 12.5. The molecule has 0 fully saturated rings. The number of carboxylic acid groups (broad SMARTS) is 1. The first-order valence-electron chi connectivity index (χ1n) is 6.68. The van der Waals surface area contributed by atoms with Crippen molar-refractivity contribution >= 4 is 23.0 Å². The zero-order valence-electron chi connectivity index (χ0n) is 12.0. The number of nitrogens with zero attached hydrogens (tertiary/aromatic N) is 1. The summed E-state index contributed by atoms with van der Waals surface area (Å²) in [4.78, 5) is 17.2. The van der Waals surface area contributed by atoms with Crippen LogP contribution in [0, 0.1) is 0 Å². The van der Waals surface area contributed by atoms with E-state index in [1.54, 1.807) is 18.3 Å². The lowest BCUT2D eigenvalue weighted by Crippen LogP contribution is -2.04. The van der Waals surface area contributed by atoms with Gasteiger partial charge < -0.3 is 9.94 Å². The quantitative estimate of drug-likeness (QED) is 0.652. The molecule has 0 radical (unpaired) electrons. The van der Waals surface area contributed by atoms with Crippen molar-refractivity contribution < 1.29 is 14.7 Å². The molecule has 0 saturated heterocycles. The molecule has 0 bridgehead atoms. The number of benzene rings is 1. The summed E-state index contributed by atoms with van der Waals surface area (Å²) >= 11 is 1.61. The highest BCUT2D eigenvalue weighted by atomic mass is 32.1. The molecule has 0 spiro atoms. The third kappa shape index (κ3) is 4.16. The van der Waals surface area contributed by atoms with Crippen LogP contribution in [0.1, 0.15) is 24.3 Å². The Labute approximate surface area is 127 Å². The van der Waals surface area contributed by atoms with Crippen molar-refractivity contribution in [3.05, 3.63) is 46.8 Å². The molecule has 0 amide bonds. The number of carboxylic acids is 1. The van der Waals surface area contributed by atoms with E-state index in [-0.39, 0.29) is 0 Å². The smallest absolute Gasteiger partial charge is 0.344 e. The van der Waals surface area contributed by atoms with Gasteiger partial charge in [0.25, 0.3) is 0 Å². The average Bonchev–Trinajstić information content (AvgIpc) is 2.97. The van der Waals surface area contributed by atoms with Crippen molar-refractivity contribution in [3.63, 3.8) is 0 Å². The van der Waals surface area contributed by atoms with Crippen LogP contribution in [-0.2, 0) is 16.1 Å². The van der Waals surface area contributed by atoms with E-state index in [0.717, 1.165) is 16.2 Å². The molecule has 2 rings (SSSR count). The van der Waals surface area contributed by atoms with E-state index in [1.807, 2.05) is 12.1 Å². The van der Waals surface area contributed by atoms with Crippen LogP contribution in [0.15, 0.2) is 41.6 Å². The lowest BCUT2D eigenvalue weighted by molar-refractivity contribution is -0.142. The van der Waals surface area contributed by atoms with Crippen LogP contribution in [0.4, 0.5) is 0 Å². The number of carbonyl (C=O) groups is 1. The van der Waals surface area contributed by atoms with Gasteiger partial charge in [0.2, 0.25) is 6.61 Å². The summed E-state index contributed by atoms with van der Waals surface area (Å²) in [5.41, 5.74) is 3.16. The largest absolute Gasteiger partial charge is 0.479 e. The minimum Gasteiger partial charge on any atom is -0.479 e. The summed E-state index contributed by atoms with van der Waals surface area (Å²) in [5, 5.41) is 12.3. The van der Waals surface area contributed by atoms with Gasteiger partial charge in [-0.05, 0) is 36.6 Å². The highest BCUT2D eigenvalue weighted by Gasteiger charge is 2.06. The Kier molecular flexibility index (Phi) is 5.11. The lowest BCUT2D eigenvalue weighted by Gasteiger charge is -2.00. The lowest BCUT2D eigenvalue weighted by atomic mass is 10.1. The molecule has 0 aliphatic carbocycles. The first kappa shape index (κ1) is 15.3. The number of aliphatic carboxylic acids is 1. The summed E-state index contributed by atoms with van der Waals surface area (Å²) in [5.74, 6) is -1.03. The second-order valence-electron chi connectivity index (χ2n) is 4.56.